The van der Waals surface area contributed by atoms with Crippen LogP contribution in [0.1, 0.15) is 26.2 Å². The summed E-state index contributed by atoms with van der Waals surface area (Å²) in [7, 11) is 0. The maximum Gasteiger partial charge on any atom is 0.252 e. The highest BCUT2D eigenvalue weighted by Gasteiger charge is 2.28. The number of carbonyl (C=O) groups excluding carboxylic acids is 1. The summed E-state index contributed by atoms with van der Waals surface area (Å²) in [6.07, 6.45) is 5.05. The molecule has 1 aliphatic rings. The Morgan fingerprint density at radius 1 is 1.50 bits per heavy atom. The Morgan fingerprint density at radius 3 is 3.05 bits per heavy atom. The van der Waals surface area contributed by atoms with Gasteiger partial charge in [-0.05, 0) is 31.9 Å². The molecule has 1 aromatic heterocycles. The smallest absolute Gasteiger partial charge is 0.252 e. The van der Waals surface area contributed by atoms with E-state index in [1.165, 1.54) is 6.42 Å². The number of nitrogens with two attached hydrogens (primary N) is 1. The summed E-state index contributed by atoms with van der Waals surface area (Å²) in [4.78, 5) is 18.3. The lowest BCUT2D eigenvalue weighted by atomic mass is 9.96. The third-order valence-electron chi connectivity index (χ3n) is 3.79. The summed E-state index contributed by atoms with van der Waals surface area (Å²) >= 11 is 0. The van der Waals surface area contributed by atoms with Gasteiger partial charge in [-0.1, -0.05) is 12.5 Å². The molecule has 0 spiro atoms. The molecule has 6 nitrogen and oxygen atoms in total. The Labute approximate surface area is 119 Å². The monoisotopic (exact) mass is 277 g/mol. The quantitative estimate of drug-likeness (QED) is 0.691. The average molecular weight is 277 g/mol. The molecule has 6 heteroatoms. The molecule has 2 heterocycles. The Hall–Kier alpha value is -1.66. The number of pyridine rings is 1. The number of nitrogens with zero attached hydrogens (tertiary/aromatic N) is 2. The van der Waals surface area contributed by atoms with Gasteiger partial charge < -0.3 is 5.73 Å². The first-order valence-corrected chi connectivity index (χ1v) is 7.12. The predicted molar refractivity (Wildman–Crippen MR) is 78.9 cm³/mol. The van der Waals surface area contributed by atoms with Crippen molar-refractivity contribution in [1.29, 1.82) is 0 Å². The summed E-state index contributed by atoms with van der Waals surface area (Å²) in [5.74, 6) is 0.561. The van der Waals surface area contributed by atoms with Crippen LogP contribution in [0.25, 0.3) is 0 Å². The lowest BCUT2D eigenvalue weighted by Crippen LogP contribution is -2.53. The van der Waals surface area contributed by atoms with Crippen molar-refractivity contribution < 1.29 is 4.79 Å². The van der Waals surface area contributed by atoms with Gasteiger partial charge in [-0.25, -0.2) is 4.98 Å². The van der Waals surface area contributed by atoms with E-state index in [1.54, 1.807) is 12.3 Å². The molecule has 0 saturated carbocycles. The van der Waals surface area contributed by atoms with Gasteiger partial charge in [0.1, 0.15) is 5.82 Å². The number of hydrazine groups is 1. The minimum atomic E-state index is -0.0668. The van der Waals surface area contributed by atoms with Gasteiger partial charge in [-0.3, -0.25) is 20.5 Å². The Bertz CT molecular complexity index is 425. The van der Waals surface area contributed by atoms with Crippen LogP contribution < -0.4 is 16.6 Å². The largest absolute Gasteiger partial charge is 0.329 e. The number of amides is 1. The molecule has 1 fully saturated rings. The van der Waals surface area contributed by atoms with E-state index in [-0.39, 0.29) is 5.91 Å². The summed E-state index contributed by atoms with van der Waals surface area (Å²) in [5, 5.41) is 0. The zero-order chi connectivity index (χ0) is 14.4. The SMILES string of the molecule is CC1CCCC(CN)N1CC(=O)NNc1ccccn1. The zero-order valence-electron chi connectivity index (χ0n) is 11.9. The van der Waals surface area contributed by atoms with Gasteiger partial charge in [0.15, 0.2) is 0 Å². The second kappa shape index (κ2) is 7.21. The molecule has 4 N–H and O–H groups in total. The van der Waals surface area contributed by atoms with Crippen molar-refractivity contribution in [2.75, 3.05) is 18.5 Å². The molecule has 1 saturated heterocycles. The predicted octanol–water partition coefficient (Wildman–Crippen LogP) is 0.726. The van der Waals surface area contributed by atoms with Crippen LogP contribution in [0.2, 0.25) is 0 Å². The van der Waals surface area contributed by atoms with E-state index in [0.29, 0.717) is 31.0 Å². The van der Waals surface area contributed by atoms with E-state index in [1.807, 2.05) is 12.1 Å². The summed E-state index contributed by atoms with van der Waals surface area (Å²) in [5.41, 5.74) is 11.3. The number of hydrogen-bond donors (Lipinski definition) is 3. The maximum atomic E-state index is 12.0. The molecule has 0 aliphatic carbocycles. The van der Waals surface area contributed by atoms with Crippen molar-refractivity contribution >= 4 is 11.7 Å². The first kappa shape index (κ1) is 14.7. The van der Waals surface area contributed by atoms with Crippen molar-refractivity contribution in [1.82, 2.24) is 15.3 Å². The van der Waals surface area contributed by atoms with Gasteiger partial charge in [0.2, 0.25) is 0 Å². The Kier molecular flexibility index (Phi) is 5.31. The number of nitrogens with one attached hydrogen (secondary N) is 2. The van der Waals surface area contributed by atoms with E-state index in [9.17, 15) is 4.79 Å². The first-order chi connectivity index (χ1) is 9.70. The minimum Gasteiger partial charge on any atom is -0.329 e. The second-order valence-electron chi connectivity index (χ2n) is 5.23. The van der Waals surface area contributed by atoms with E-state index in [4.69, 9.17) is 5.73 Å². The van der Waals surface area contributed by atoms with Crippen LogP contribution in [0.15, 0.2) is 24.4 Å². The highest BCUT2D eigenvalue weighted by Crippen LogP contribution is 2.21. The van der Waals surface area contributed by atoms with Gasteiger partial charge in [0, 0.05) is 24.8 Å². The minimum absolute atomic E-state index is 0.0668. The van der Waals surface area contributed by atoms with Crippen LogP contribution in [0, 0.1) is 0 Å². The van der Waals surface area contributed by atoms with Gasteiger partial charge >= 0.3 is 0 Å². The van der Waals surface area contributed by atoms with Crippen molar-refractivity contribution in [2.45, 2.75) is 38.3 Å². The van der Waals surface area contributed by atoms with E-state index in [0.717, 1.165) is 12.8 Å². The van der Waals surface area contributed by atoms with E-state index >= 15 is 0 Å². The van der Waals surface area contributed by atoms with Gasteiger partial charge in [0.05, 0.1) is 6.54 Å². The Balaban J connectivity index is 1.83. The maximum absolute atomic E-state index is 12.0. The van der Waals surface area contributed by atoms with Gasteiger partial charge in [-0.2, -0.15) is 0 Å². The molecular formula is C14H23N5O. The number of carbonyl (C=O) groups is 1. The van der Waals surface area contributed by atoms with Crippen molar-refractivity contribution in [3.05, 3.63) is 24.4 Å². The first-order valence-electron chi connectivity index (χ1n) is 7.12. The van der Waals surface area contributed by atoms with Crippen LogP contribution in [0.4, 0.5) is 5.82 Å². The number of anilines is 1. The van der Waals surface area contributed by atoms with Crippen molar-refractivity contribution in [3.63, 3.8) is 0 Å². The molecule has 2 rings (SSSR count). The third-order valence-corrected chi connectivity index (χ3v) is 3.79. The van der Waals surface area contributed by atoms with Gasteiger partial charge in [-0.15, -0.1) is 0 Å². The molecule has 1 aliphatic heterocycles. The molecule has 0 bridgehead atoms. The lowest BCUT2D eigenvalue weighted by Gasteiger charge is -2.39. The highest BCUT2D eigenvalue weighted by atomic mass is 16.2. The van der Waals surface area contributed by atoms with Crippen molar-refractivity contribution in [3.8, 4) is 0 Å². The van der Waals surface area contributed by atoms with Crippen LogP contribution in [0.3, 0.4) is 0 Å². The topological polar surface area (TPSA) is 83.3 Å². The number of likely N-dealkylation sites (tertiary alicyclic amines) is 1. The standard InChI is InChI=1S/C14H23N5O/c1-11-5-4-6-12(9-15)19(11)10-14(20)18-17-13-7-2-3-8-16-13/h2-3,7-8,11-12H,4-6,9-10,15H2,1H3,(H,16,17)(H,18,20). The zero-order valence-corrected chi connectivity index (χ0v) is 11.9. The summed E-state index contributed by atoms with van der Waals surface area (Å²) < 4.78 is 0. The molecule has 2 atom stereocenters. The van der Waals surface area contributed by atoms with Gasteiger partial charge in [0.25, 0.3) is 5.91 Å². The van der Waals surface area contributed by atoms with E-state index in [2.05, 4.69) is 27.7 Å². The van der Waals surface area contributed by atoms with Crippen molar-refractivity contribution in [2.24, 2.45) is 5.73 Å². The molecule has 20 heavy (non-hydrogen) atoms. The number of hydrogen-bond acceptors (Lipinski definition) is 5. The van der Waals surface area contributed by atoms with Crippen LogP contribution >= 0.6 is 0 Å². The highest BCUT2D eigenvalue weighted by molar-refractivity contribution is 5.79. The fourth-order valence-corrected chi connectivity index (χ4v) is 2.65. The number of aromatic nitrogens is 1. The molecule has 1 amide bonds. The van der Waals surface area contributed by atoms with Crippen LogP contribution in [-0.4, -0.2) is 41.0 Å². The molecule has 2 unspecified atom stereocenters. The third kappa shape index (κ3) is 3.91. The molecule has 0 aromatic carbocycles. The number of rotatable bonds is 5. The number of piperidine rings is 1. The Morgan fingerprint density at radius 2 is 2.35 bits per heavy atom. The van der Waals surface area contributed by atoms with Crippen LogP contribution in [0.5, 0.6) is 0 Å². The fourth-order valence-electron chi connectivity index (χ4n) is 2.65. The average Bonchev–Trinajstić information content (AvgIpc) is 2.48. The normalized spacial score (nSPS) is 23.3. The molecule has 1 aromatic rings. The van der Waals surface area contributed by atoms with E-state index < -0.39 is 0 Å². The summed E-state index contributed by atoms with van der Waals surface area (Å²) in [6, 6.07) is 6.19. The second-order valence-corrected chi connectivity index (χ2v) is 5.23. The summed E-state index contributed by atoms with van der Waals surface area (Å²) in [6.45, 7) is 3.12. The molecule has 0 radical (unpaired) electrons. The fraction of sp³-hybridized carbons (Fsp3) is 0.571. The lowest BCUT2D eigenvalue weighted by molar-refractivity contribution is -0.123. The van der Waals surface area contributed by atoms with Crippen LogP contribution in [-0.2, 0) is 4.79 Å². The molecular weight excluding hydrogens is 254 g/mol. The molecule has 110 valence electrons.